The summed E-state index contributed by atoms with van der Waals surface area (Å²) < 4.78 is 5.56. The number of carbonyl (C=O) groups is 2. The first kappa shape index (κ1) is 53.5. The van der Waals surface area contributed by atoms with Crippen molar-refractivity contribution in [1.29, 1.82) is 0 Å². The number of fused-ring (bicyclic) bond motifs is 9. The predicted octanol–water partition coefficient (Wildman–Crippen LogP) is 11.2. The molecule has 6 aromatic rings. The monoisotopic (exact) mass is 1030 g/mol. The summed E-state index contributed by atoms with van der Waals surface area (Å²) in [5, 5.41) is 48.3. The van der Waals surface area contributed by atoms with Gasteiger partial charge in [0, 0.05) is 61.9 Å². The molecule has 1 saturated carbocycles. The highest BCUT2D eigenvalue weighted by Gasteiger charge is 2.41. The van der Waals surface area contributed by atoms with Gasteiger partial charge in [0.2, 0.25) is 0 Å². The lowest BCUT2D eigenvalue weighted by atomic mass is 9.73. The molecule has 9 bridgehead atoms. The molecule has 9 atom stereocenters. The molecule has 10 nitrogen and oxygen atoms in total. The number of methoxy groups -OCH3 is 1. The van der Waals surface area contributed by atoms with Gasteiger partial charge in [-0.15, -0.1) is 0 Å². The third-order valence-electron chi connectivity index (χ3n) is 17.0. The Labute approximate surface area is 454 Å². The van der Waals surface area contributed by atoms with Gasteiger partial charge in [0.1, 0.15) is 17.4 Å². The van der Waals surface area contributed by atoms with E-state index in [0.29, 0.717) is 57.5 Å². The molecule has 0 spiro atoms. The van der Waals surface area contributed by atoms with E-state index in [0.717, 1.165) is 87.9 Å². The summed E-state index contributed by atoms with van der Waals surface area (Å²) in [7, 11) is 1.52. The van der Waals surface area contributed by atoms with Crippen LogP contribution in [0.4, 0.5) is 5.69 Å². The van der Waals surface area contributed by atoms with Crippen LogP contribution in [0.15, 0.2) is 139 Å². The quantitative estimate of drug-likeness (QED) is 0.0638. The van der Waals surface area contributed by atoms with Gasteiger partial charge in [0.05, 0.1) is 31.7 Å². The second-order valence-electron chi connectivity index (χ2n) is 22.6. The number of β-amino-alcohol motifs (C(OH)–C–C–N with tert-alkyl or cyclic N) is 1. The summed E-state index contributed by atoms with van der Waals surface area (Å²) in [5.41, 5.74) is 10.5. The van der Waals surface area contributed by atoms with Crippen LogP contribution in [0.25, 0.3) is 10.8 Å². The Morgan fingerprint density at radius 1 is 0.805 bits per heavy atom. The van der Waals surface area contributed by atoms with E-state index in [1.807, 2.05) is 36.5 Å². The highest BCUT2D eigenvalue weighted by atomic mass is 16.5. The standard InChI is InChI=1S/C67H76N4O6/c1-4-11-59-52-28-46(27-49-19-21-58(47-14-9-6-10-15-47)60-38-65(76)66(77-3)35-50(60)18-20-56(72)37-64(75)61(49)33-52)24-45-22-23-69-67(30-45)71-62-34-51-26-44(16-17-48(51)31-53(62)25-43-12-7-5-8-13-43)29-57(73)41-68-39-42(2)54-32-55(70-40-54)36-63(59)74/h5-10,12-17,22,26,30-32,34-35,38,40,42,46,49,52,57-59,61,63,68-71,73-74,76H,4,11,18,20,23-25,27-29,33,36-37,39,41H2,1-3H3. The van der Waals surface area contributed by atoms with Crippen LogP contribution < -0.4 is 20.7 Å². The molecule has 2 aliphatic carbocycles. The number of Topliss-reactive ketones (excluding diaryl/α,β-unsaturated/α-hetero) is 2. The van der Waals surface area contributed by atoms with E-state index in [9.17, 15) is 20.1 Å². The molecule has 0 saturated heterocycles. The normalized spacial score (nSPS) is 25.5. The number of carbonyl (C=O) groups excluding carboxylic acids is 2. The first-order valence-corrected chi connectivity index (χ1v) is 28.2. The second kappa shape index (κ2) is 24.6. The zero-order chi connectivity index (χ0) is 53.4. The molecule has 77 heavy (non-hydrogen) atoms. The fourth-order valence-electron chi connectivity index (χ4n) is 12.9. The molecular formula is C67H76N4O6. The number of phenols is 1. The van der Waals surface area contributed by atoms with Gasteiger partial charge >= 0.3 is 0 Å². The molecule has 5 aromatic carbocycles. The van der Waals surface area contributed by atoms with Crippen LogP contribution in [0.1, 0.15) is 122 Å². The van der Waals surface area contributed by atoms with Crippen LogP contribution in [0, 0.1) is 41.4 Å². The minimum Gasteiger partial charge on any atom is -0.504 e. The minimum atomic E-state index is -0.673. The van der Waals surface area contributed by atoms with Crippen molar-refractivity contribution >= 4 is 28.0 Å². The third-order valence-corrected chi connectivity index (χ3v) is 17.0. The van der Waals surface area contributed by atoms with E-state index in [2.05, 4.69) is 132 Å². The largest absolute Gasteiger partial charge is 0.504 e. The molecule has 400 valence electrons. The van der Waals surface area contributed by atoms with Crippen LogP contribution in [0.2, 0.25) is 0 Å². The van der Waals surface area contributed by atoms with Crippen LogP contribution >= 0.6 is 0 Å². The molecule has 1 aromatic heterocycles. The molecule has 0 radical (unpaired) electrons. The average Bonchev–Trinajstić information content (AvgIpc) is 3.83. The number of aromatic nitrogens is 1. The van der Waals surface area contributed by atoms with Crippen molar-refractivity contribution in [3.05, 3.63) is 184 Å². The van der Waals surface area contributed by atoms with Crippen molar-refractivity contribution in [3.8, 4) is 23.3 Å². The zero-order valence-corrected chi connectivity index (χ0v) is 45.0. The topological polar surface area (TPSA) is 156 Å². The van der Waals surface area contributed by atoms with Crippen molar-refractivity contribution in [3.63, 3.8) is 0 Å². The number of rotatable bonds is 6. The van der Waals surface area contributed by atoms with Crippen LogP contribution in [0.3, 0.4) is 0 Å². The van der Waals surface area contributed by atoms with Gasteiger partial charge in [-0.2, -0.15) is 0 Å². The lowest BCUT2D eigenvalue weighted by molar-refractivity contribution is -0.130. The summed E-state index contributed by atoms with van der Waals surface area (Å²) >= 11 is 0. The summed E-state index contributed by atoms with van der Waals surface area (Å²) in [6, 6.07) is 37.4. The van der Waals surface area contributed by atoms with E-state index in [4.69, 9.17) is 4.74 Å². The Bertz CT molecular complexity index is 3170. The number of aryl methyl sites for hydroxylation is 1. The van der Waals surface area contributed by atoms with Crippen LogP contribution in [-0.2, 0) is 35.3 Å². The van der Waals surface area contributed by atoms with Gasteiger partial charge in [-0.3, -0.25) is 9.59 Å². The molecule has 3 heterocycles. The number of aliphatic hydroxyl groups excluding tert-OH is 2. The number of aromatic amines is 1. The van der Waals surface area contributed by atoms with Gasteiger partial charge in [0.15, 0.2) is 11.5 Å². The van der Waals surface area contributed by atoms with Crippen molar-refractivity contribution in [2.24, 2.45) is 29.6 Å². The number of allylic oxidation sites excluding steroid dienone is 2. The number of phenolic OH excluding ortho intramolecular Hbond substituents is 1. The van der Waals surface area contributed by atoms with Gasteiger partial charge < -0.3 is 41.0 Å². The van der Waals surface area contributed by atoms with E-state index in [-0.39, 0.29) is 59.7 Å². The fraction of sp³-hybridized carbons (Fsp3) is 0.403. The number of ketones is 2. The first-order chi connectivity index (χ1) is 37.5. The number of ether oxygens (including phenoxy) is 1. The summed E-state index contributed by atoms with van der Waals surface area (Å²) in [6.07, 6.45) is 11.9. The minimum absolute atomic E-state index is 0.0144. The lowest BCUT2D eigenvalue weighted by Crippen LogP contribution is -2.33. The molecule has 9 unspecified atom stereocenters. The summed E-state index contributed by atoms with van der Waals surface area (Å²) in [6.45, 7) is 6.15. The third kappa shape index (κ3) is 13.1. The van der Waals surface area contributed by atoms with E-state index in [1.54, 1.807) is 6.07 Å². The smallest absolute Gasteiger partial charge is 0.160 e. The SMILES string of the molecule is CCCC1C(O)Cc2cc(c[nH]2)C(C)CNCC(O)Cc2ccc3cc(Cc4ccccc4)c(cc3c2)NC2=CC(=CCN2)CC2CC3C#CC(c4ccccc4)c4cc(O)c(OC)cc4CCC(=O)CC(=O)C3CC1C2. The Kier molecular flexibility index (Phi) is 17.1. The fourth-order valence-corrected chi connectivity index (χ4v) is 12.9. The van der Waals surface area contributed by atoms with Gasteiger partial charge in [-0.05, 0) is 167 Å². The maximum absolute atomic E-state index is 15.0. The molecule has 2 aliphatic heterocycles. The van der Waals surface area contributed by atoms with Crippen molar-refractivity contribution in [2.75, 3.05) is 32.1 Å². The maximum atomic E-state index is 15.0. The number of hydrogen-bond donors (Lipinski definition) is 7. The maximum Gasteiger partial charge on any atom is 0.160 e. The van der Waals surface area contributed by atoms with E-state index in [1.165, 1.54) is 23.8 Å². The van der Waals surface area contributed by atoms with Crippen LogP contribution in [-0.4, -0.2) is 70.8 Å². The van der Waals surface area contributed by atoms with Crippen LogP contribution in [0.5, 0.6) is 11.5 Å². The highest BCUT2D eigenvalue weighted by Crippen LogP contribution is 2.45. The molecule has 7 N–H and O–H groups in total. The number of anilines is 1. The van der Waals surface area contributed by atoms with Crippen molar-refractivity contribution in [1.82, 2.24) is 15.6 Å². The average molecular weight is 1030 g/mol. The Morgan fingerprint density at radius 2 is 1.62 bits per heavy atom. The Morgan fingerprint density at radius 3 is 2.43 bits per heavy atom. The zero-order valence-electron chi connectivity index (χ0n) is 45.0. The summed E-state index contributed by atoms with van der Waals surface area (Å²) in [5.74, 6) is 7.44. The Balaban J connectivity index is 1.06. The Hall–Kier alpha value is -6.90. The first-order valence-electron chi connectivity index (χ1n) is 28.2. The number of aliphatic hydroxyl groups is 2. The molecule has 1 fully saturated rings. The van der Waals surface area contributed by atoms with Gasteiger partial charge in [-0.25, -0.2) is 0 Å². The molecule has 10 rings (SSSR count). The second-order valence-corrected chi connectivity index (χ2v) is 22.6. The number of benzene rings is 5. The summed E-state index contributed by atoms with van der Waals surface area (Å²) in [4.78, 5) is 32.6. The number of dihydropyridines is 1. The molecule has 4 aliphatic rings. The number of hydrogen-bond acceptors (Lipinski definition) is 9. The molecule has 0 amide bonds. The number of nitrogens with one attached hydrogen (secondary N) is 4. The number of aromatic hydroxyl groups is 1. The van der Waals surface area contributed by atoms with Gasteiger partial charge in [-0.1, -0.05) is 117 Å². The van der Waals surface area contributed by atoms with Crippen molar-refractivity contribution in [2.45, 2.75) is 115 Å². The van der Waals surface area contributed by atoms with Crippen molar-refractivity contribution < 1.29 is 29.6 Å². The van der Waals surface area contributed by atoms with E-state index < -0.39 is 24.0 Å². The predicted molar refractivity (Wildman–Crippen MR) is 307 cm³/mol. The lowest BCUT2D eigenvalue weighted by Gasteiger charge is -2.33. The van der Waals surface area contributed by atoms with Gasteiger partial charge in [0.25, 0.3) is 0 Å². The highest BCUT2D eigenvalue weighted by molar-refractivity contribution is 6.00. The molecular weight excluding hydrogens is 957 g/mol. The molecule has 10 heteroatoms. The number of H-pyrrole nitrogens is 1. The van der Waals surface area contributed by atoms with E-state index >= 15 is 4.79 Å².